The van der Waals surface area contributed by atoms with E-state index < -0.39 is 0 Å². The number of piperidine rings is 1. The van der Waals surface area contributed by atoms with Gasteiger partial charge in [-0.05, 0) is 56.3 Å². The Balaban J connectivity index is 1.96. The number of carbonyl (C=O) groups excluding carboxylic acids is 1. The highest BCUT2D eigenvalue weighted by Crippen LogP contribution is 2.33. The molecule has 0 bridgehead atoms. The summed E-state index contributed by atoms with van der Waals surface area (Å²) in [4.78, 5) is 18.3. The van der Waals surface area contributed by atoms with E-state index >= 15 is 0 Å². The number of rotatable bonds is 5. The summed E-state index contributed by atoms with van der Waals surface area (Å²) in [7, 11) is 3.73. The van der Waals surface area contributed by atoms with E-state index in [2.05, 4.69) is 22.4 Å². The number of hydrogen-bond acceptors (Lipinski definition) is 3. The van der Waals surface area contributed by atoms with Crippen LogP contribution in [0, 0.1) is 5.41 Å². The molecule has 1 aliphatic heterocycles. The van der Waals surface area contributed by atoms with Crippen LogP contribution < -0.4 is 5.32 Å². The predicted molar refractivity (Wildman–Crippen MR) is 80.4 cm³/mol. The van der Waals surface area contributed by atoms with Crippen LogP contribution in [-0.2, 0) is 11.2 Å². The molecule has 110 valence electrons. The van der Waals surface area contributed by atoms with Gasteiger partial charge in [-0.2, -0.15) is 0 Å². The molecule has 1 fully saturated rings. The van der Waals surface area contributed by atoms with Gasteiger partial charge in [0.05, 0.1) is 5.41 Å². The van der Waals surface area contributed by atoms with Crippen LogP contribution in [0.25, 0.3) is 0 Å². The quantitative estimate of drug-likeness (QED) is 0.892. The summed E-state index contributed by atoms with van der Waals surface area (Å²) in [5, 5.41) is 3.40. The summed E-state index contributed by atoms with van der Waals surface area (Å²) >= 11 is 0. The number of aromatic nitrogens is 1. The van der Waals surface area contributed by atoms with Gasteiger partial charge in [0.1, 0.15) is 0 Å². The third-order valence-electron chi connectivity index (χ3n) is 4.20. The monoisotopic (exact) mass is 275 g/mol. The van der Waals surface area contributed by atoms with Gasteiger partial charge in [0.15, 0.2) is 0 Å². The van der Waals surface area contributed by atoms with Gasteiger partial charge in [-0.1, -0.05) is 0 Å². The molecule has 1 atom stereocenters. The number of aryl methyl sites for hydroxylation is 1. The molecule has 1 amide bonds. The molecule has 2 heterocycles. The molecule has 2 rings (SSSR count). The second-order valence-electron chi connectivity index (χ2n) is 5.97. The van der Waals surface area contributed by atoms with Crippen LogP contribution in [0.5, 0.6) is 0 Å². The number of nitrogens with one attached hydrogen (secondary N) is 1. The fourth-order valence-electron chi connectivity index (χ4n) is 3.13. The third kappa shape index (κ3) is 3.57. The molecule has 1 N–H and O–H groups in total. The van der Waals surface area contributed by atoms with Gasteiger partial charge >= 0.3 is 0 Å². The Morgan fingerprint density at radius 2 is 2.15 bits per heavy atom. The van der Waals surface area contributed by atoms with Crippen LogP contribution in [-0.4, -0.2) is 43.0 Å². The molecule has 1 aromatic heterocycles. The van der Waals surface area contributed by atoms with Gasteiger partial charge in [0.25, 0.3) is 0 Å². The molecule has 4 heteroatoms. The molecule has 4 nitrogen and oxygen atoms in total. The number of pyridine rings is 1. The van der Waals surface area contributed by atoms with Crippen molar-refractivity contribution in [3.8, 4) is 0 Å². The molecule has 0 aliphatic carbocycles. The Kier molecular flexibility index (Phi) is 5.12. The zero-order valence-electron chi connectivity index (χ0n) is 12.6. The third-order valence-corrected chi connectivity index (χ3v) is 4.20. The average Bonchev–Trinajstić information content (AvgIpc) is 2.48. The first kappa shape index (κ1) is 15.0. The Labute approximate surface area is 121 Å². The second kappa shape index (κ2) is 6.84. The molecule has 0 saturated carbocycles. The smallest absolute Gasteiger partial charge is 0.229 e. The standard InChI is InChI=1S/C16H25N3O/c1-19(2)15(20)16(9-4-10-18-13-16)8-3-5-14-6-11-17-12-7-14/h6-7,11-12,18H,3-5,8-10,13H2,1-2H3. The van der Waals surface area contributed by atoms with E-state index in [0.29, 0.717) is 0 Å². The molecule has 1 unspecified atom stereocenters. The van der Waals surface area contributed by atoms with Crippen LogP contribution in [0.1, 0.15) is 31.2 Å². The van der Waals surface area contributed by atoms with E-state index in [1.54, 1.807) is 4.90 Å². The van der Waals surface area contributed by atoms with E-state index in [-0.39, 0.29) is 11.3 Å². The molecular weight excluding hydrogens is 250 g/mol. The lowest BCUT2D eigenvalue weighted by atomic mass is 9.75. The molecular formula is C16H25N3O. The first-order chi connectivity index (χ1) is 9.64. The van der Waals surface area contributed by atoms with Crippen molar-refractivity contribution in [2.75, 3.05) is 27.2 Å². The number of carbonyl (C=O) groups is 1. The number of hydrogen-bond donors (Lipinski definition) is 1. The Hall–Kier alpha value is -1.42. The van der Waals surface area contributed by atoms with Crippen LogP contribution in [0.15, 0.2) is 24.5 Å². The minimum absolute atomic E-state index is 0.200. The molecule has 20 heavy (non-hydrogen) atoms. The average molecular weight is 275 g/mol. The molecule has 0 spiro atoms. The van der Waals surface area contributed by atoms with Gasteiger partial charge in [0.2, 0.25) is 5.91 Å². The van der Waals surface area contributed by atoms with Gasteiger partial charge in [-0.3, -0.25) is 9.78 Å². The van der Waals surface area contributed by atoms with Gasteiger partial charge < -0.3 is 10.2 Å². The zero-order valence-corrected chi connectivity index (χ0v) is 12.6. The van der Waals surface area contributed by atoms with E-state index in [9.17, 15) is 4.79 Å². The maximum Gasteiger partial charge on any atom is 0.229 e. The maximum atomic E-state index is 12.5. The van der Waals surface area contributed by atoms with Gasteiger partial charge in [0, 0.05) is 33.0 Å². The minimum Gasteiger partial charge on any atom is -0.348 e. The molecule has 0 aromatic carbocycles. The highest BCUT2D eigenvalue weighted by molar-refractivity contribution is 5.82. The first-order valence-corrected chi connectivity index (χ1v) is 7.45. The van der Waals surface area contributed by atoms with Crippen molar-refractivity contribution in [1.82, 2.24) is 15.2 Å². The topological polar surface area (TPSA) is 45.2 Å². The van der Waals surface area contributed by atoms with Crippen molar-refractivity contribution in [2.24, 2.45) is 5.41 Å². The number of amides is 1. The normalized spacial score (nSPS) is 22.5. The predicted octanol–water partition coefficient (Wildman–Crippen LogP) is 1.86. The van der Waals surface area contributed by atoms with E-state index in [4.69, 9.17) is 0 Å². The van der Waals surface area contributed by atoms with Crippen molar-refractivity contribution in [2.45, 2.75) is 32.1 Å². The Morgan fingerprint density at radius 1 is 1.40 bits per heavy atom. The van der Waals surface area contributed by atoms with Crippen molar-refractivity contribution in [3.05, 3.63) is 30.1 Å². The molecule has 0 radical (unpaired) electrons. The molecule has 1 aromatic rings. The highest BCUT2D eigenvalue weighted by Gasteiger charge is 2.39. The zero-order chi connectivity index (χ0) is 14.4. The van der Waals surface area contributed by atoms with Crippen molar-refractivity contribution >= 4 is 5.91 Å². The van der Waals surface area contributed by atoms with Crippen LogP contribution in [0.3, 0.4) is 0 Å². The van der Waals surface area contributed by atoms with Gasteiger partial charge in [-0.25, -0.2) is 0 Å². The summed E-state index contributed by atoms with van der Waals surface area (Å²) in [6.07, 6.45) is 8.79. The molecule has 1 saturated heterocycles. The highest BCUT2D eigenvalue weighted by atomic mass is 16.2. The number of nitrogens with zero attached hydrogens (tertiary/aromatic N) is 2. The maximum absolute atomic E-state index is 12.5. The van der Waals surface area contributed by atoms with Crippen molar-refractivity contribution in [1.29, 1.82) is 0 Å². The fraction of sp³-hybridized carbons (Fsp3) is 0.625. The van der Waals surface area contributed by atoms with Gasteiger partial charge in [-0.15, -0.1) is 0 Å². The van der Waals surface area contributed by atoms with Crippen LogP contribution in [0.4, 0.5) is 0 Å². The lowest BCUT2D eigenvalue weighted by Gasteiger charge is -2.38. The Bertz CT molecular complexity index is 425. The summed E-state index contributed by atoms with van der Waals surface area (Å²) in [5.41, 5.74) is 1.10. The summed E-state index contributed by atoms with van der Waals surface area (Å²) in [6, 6.07) is 4.11. The summed E-state index contributed by atoms with van der Waals surface area (Å²) < 4.78 is 0. The Morgan fingerprint density at radius 3 is 2.75 bits per heavy atom. The lowest BCUT2D eigenvalue weighted by Crippen LogP contribution is -2.50. The summed E-state index contributed by atoms with van der Waals surface area (Å²) in [5.74, 6) is 0.277. The first-order valence-electron chi connectivity index (χ1n) is 7.45. The van der Waals surface area contributed by atoms with Crippen LogP contribution >= 0.6 is 0 Å². The SMILES string of the molecule is CN(C)C(=O)C1(CCCc2ccncc2)CCCNC1. The molecule has 1 aliphatic rings. The van der Waals surface area contributed by atoms with E-state index in [0.717, 1.165) is 45.2 Å². The minimum atomic E-state index is -0.200. The summed E-state index contributed by atoms with van der Waals surface area (Å²) in [6.45, 7) is 1.85. The largest absolute Gasteiger partial charge is 0.348 e. The van der Waals surface area contributed by atoms with Crippen molar-refractivity contribution in [3.63, 3.8) is 0 Å². The fourth-order valence-corrected chi connectivity index (χ4v) is 3.13. The van der Waals surface area contributed by atoms with Crippen molar-refractivity contribution < 1.29 is 4.79 Å². The lowest BCUT2D eigenvalue weighted by molar-refractivity contribution is -0.141. The van der Waals surface area contributed by atoms with Crippen LogP contribution in [0.2, 0.25) is 0 Å². The van der Waals surface area contributed by atoms with E-state index in [1.807, 2.05) is 26.5 Å². The van der Waals surface area contributed by atoms with E-state index in [1.165, 1.54) is 5.56 Å². The second-order valence-corrected chi connectivity index (χ2v) is 5.97.